The van der Waals surface area contributed by atoms with Crippen LogP contribution < -0.4 is 29.6 Å². The molecule has 0 amide bonds. The Balaban J connectivity index is 0. The quantitative estimate of drug-likeness (QED) is 0.494. The Hall–Kier alpha value is 0.880. The third kappa shape index (κ3) is 11.0. The Morgan fingerprint density at radius 1 is 0.500 bits per heavy atom. The summed E-state index contributed by atoms with van der Waals surface area (Å²) < 4.78 is 10.1. The summed E-state index contributed by atoms with van der Waals surface area (Å²) in [5, 5.41) is 0. The van der Waals surface area contributed by atoms with Crippen LogP contribution in [0.2, 0.25) is 0 Å². The van der Waals surface area contributed by atoms with Crippen LogP contribution in [0.4, 0.5) is 0 Å². The molecule has 0 aromatic carbocycles. The van der Waals surface area contributed by atoms with Crippen LogP contribution in [-0.4, -0.2) is 31.9 Å². The molecule has 0 spiro atoms. The topological polar surface area (TPSA) is 48.5 Å². The molecular weight excluding hydrogens is 191 g/mol. The summed E-state index contributed by atoms with van der Waals surface area (Å²) in [5.74, 6) is 0. The zero-order valence-electron chi connectivity index (χ0n) is 9.33. The summed E-state index contributed by atoms with van der Waals surface area (Å²) in [6.07, 6.45) is 7.86. The zero-order chi connectivity index (χ0) is 8.49. The number of ether oxygens (including phenoxy) is 2. The predicted molar refractivity (Wildman–Crippen MR) is 51.3 cm³/mol. The normalized spacial score (nSPS) is 20.6. The second kappa shape index (κ2) is 13.9. The Labute approximate surface area is 109 Å². The molecule has 0 unspecified atom stereocenters. The fourth-order valence-corrected chi connectivity index (χ4v) is 1.37. The van der Waals surface area contributed by atoms with E-state index in [-0.39, 0.29) is 35.0 Å². The van der Waals surface area contributed by atoms with Crippen molar-refractivity contribution in [1.82, 2.24) is 0 Å². The maximum atomic E-state index is 5.07. The molecule has 14 heavy (non-hydrogen) atoms. The van der Waals surface area contributed by atoms with Crippen molar-refractivity contribution in [1.29, 1.82) is 0 Å². The van der Waals surface area contributed by atoms with Gasteiger partial charge in [0.25, 0.3) is 0 Å². The van der Waals surface area contributed by atoms with Crippen molar-refractivity contribution in [3.63, 3.8) is 0 Å². The molecule has 3 nitrogen and oxygen atoms in total. The van der Waals surface area contributed by atoms with Gasteiger partial charge in [-0.2, -0.15) is 0 Å². The molecule has 0 aromatic heterocycles. The van der Waals surface area contributed by atoms with Crippen LogP contribution in [0.1, 0.15) is 38.5 Å². The molecule has 0 aromatic rings. The minimum atomic E-state index is 0. The first kappa shape index (κ1) is 17.3. The van der Waals surface area contributed by atoms with Crippen molar-refractivity contribution in [2.24, 2.45) is 0 Å². The minimum Gasteiger partial charge on any atom is -0.870 e. The molecule has 2 rings (SSSR count). The smallest absolute Gasteiger partial charge is 0.870 e. The van der Waals surface area contributed by atoms with Crippen LogP contribution in [-0.2, 0) is 9.47 Å². The van der Waals surface area contributed by atoms with Gasteiger partial charge < -0.3 is 14.9 Å². The van der Waals surface area contributed by atoms with Crippen molar-refractivity contribution >= 4 is 0 Å². The molecule has 0 atom stereocenters. The number of hydrogen-bond donors (Lipinski definition) is 0. The Morgan fingerprint density at radius 2 is 0.786 bits per heavy atom. The second-order valence-electron chi connectivity index (χ2n) is 3.35. The van der Waals surface area contributed by atoms with E-state index in [9.17, 15) is 0 Å². The van der Waals surface area contributed by atoms with Crippen molar-refractivity contribution in [2.75, 3.05) is 26.4 Å². The molecule has 0 bridgehead atoms. The van der Waals surface area contributed by atoms with E-state index >= 15 is 0 Å². The van der Waals surface area contributed by atoms with Gasteiger partial charge in [0.15, 0.2) is 0 Å². The molecule has 80 valence electrons. The average molecular weight is 212 g/mol. The van der Waals surface area contributed by atoms with Gasteiger partial charge >= 0.3 is 29.6 Å². The van der Waals surface area contributed by atoms with Crippen LogP contribution in [0.5, 0.6) is 0 Å². The van der Waals surface area contributed by atoms with E-state index in [1.807, 2.05) is 0 Å². The fourth-order valence-electron chi connectivity index (χ4n) is 1.37. The summed E-state index contributed by atoms with van der Waals surface area (Å²) in [5.41, 5.74) is 0. The molecule has 0 saturated carbocycles. The third-order valence-corrected chi connectivity index (χ3v) is 2.15. The van der Waals surface area contributed by atoms with E-state index in [1.54, 1.807) is 0 Å². The van der Waals surface area contributed by atoms with Crippen LogP contribution in [0.25, 0.3) is 0 Å². The number of hydrogen-bond acceptors (Lipinski definition) is 3. The first-order chi connectivity index (χ1) is 6.00. The van der Waals surface area contributed by atoms with Gasteiger partial charge in [-0.1, -0.05) is 0 Å². The monoisotopic (exact) mass is 212 g/mol. The molecule has 0 radical (unpaired) electrons. The van der Waals surface area contributed by atoms with Gasteiger partial charge in [0.1, 0.15) is 0 Å². The van der Waals surface area contributed by atoms with Gasteiger partial charge in [0.2, 0.25) is 0 Å². The van der Waals surface area contributed by atoms with Gasteiger partial charge in [-0.3, -0.25) is 0 Å². The van der Waals surface area contributed by atoms with Crippen LogP contribution >= 0.6 is 0 Å². The van der Waals surface area contributed by atoms with Crippen molar-refractivity contribution in [3.05, 3.63) is 0 Å². The molecule has 2 aliphatic heterocycles. The SMILES string of the molecule is C1CCOCC1.C1CCOCC1.[Na+].[OH-]. The predicted octanol–water partition coefficient (Wildman–Crippen LogP) is -0.799. The summed E-state index contributed by atoms with van der Waals surface area (Å²) >= 11 is 0. The third-order valence-electron chi connectivity index (χ3n) is 2.15. The average Bonchev–Trinajstić information content (AvgIpc) is 2.24. The zero-order valence-corrected chi connectivity index (χ0v) is 11.3. The Bertz CT molecular complexity index is 58.3. The van der Waals surface area contributed by atoms with Gasteiger partial charge in [-0.25, -0.2) is 0 Å². The molecule has 2 fully saturated rings. The summed E-state index contributed by atoms with van der Waals surface area (Å²) in [6.45, 7) is 4.00. The summed E-state index contributed by atoms with van der Waals surface area (Å²) in [7, 11) is 0. The Kier molecular flexibility index (Phi) is 17.1. The van der Waals surface area contributed by atoms with Gasteiger partial charge in [-0.05, 0) is 38.5 Å². The van der Waals surface area contributed by atoms with Gasteiger partial charge in [0, 0.05) is 26.4 Å². The second-order valence-corrected chi connectivity index (χ2v) is 3.35. The summed E-state index contributed by atoms with van der Waals surface area (Å²) in [4.78, 5) is 0. The van der Waals surface area contributed by atoms with Crippen LogP contribution in [0, 0.1) is 0 Å². The maximum absolute atomic E-state index is 5.07. The Morgan fingerprint density at radius 3 is 0.857 bits per heavy atom. The van der Waals surface area contributed by atoms with Crippen molar-refractivity contribution < 1.29 is 44.5 Å². The molecule has 2 saturated heterocycles. The summed E-state index contributed by atoms with van der Waals surface area (Å²) in [6, 6.07) is 0. The van der Waals surface area contributed by atoms with Crippen LogP contribution in [0.3, 0.4) is 0 Å². The van der Waals surface area contributed by atoms with E-state index in [0.29, 0.717) is 0 Å². The first-order valence-corrected chi connectivity index (χ1v) is 5.15. The van der Waals surface area contributed by atoms with E-state index in [2.05, 4.69) is 0 Å². The van der Waals surface area contributed by atoms with E-state index in [1.165, 1.54) is 38.5 Å². The van der Waals surface area contributed by atoms with Crippen molar-refractivity contribution in [3.8, 4) is 0 Å². The number of rotatable bonds is 0. The molecule has 0 aliphatic carbocycles. The molecule has 4 heteroatoms. The maximum Gasteiger partial charge on any atom is 1.00 e. The van der Waals surface area contributed by atoms with E-state index in [4.69, 9.17) is 9.47 Å². The molecular formula is C10H21NaO3. The van der Waals surface area contributed by atoms with Gasteiger partial charge in [0.05, 0.1) is 0 Å². The molecule has 2 aliphatic rings. The fraction of sp³-hybridized carbons (Fsp3) is 1.00. The van der Waals surface area contributed by atoms with Crippen molar-refractivity contribution in [2.45, 2.75) is 38.5 Å². The van der Waals surface area contributed by atoms with E-state index < -0.39 is 0 Å². The van der Waals surface area contributed by atoms with Gasteiger partial charge in [-0.15, -0.1) is 0 Å². The largest absolute Gasteiger partial charge is 1.00 e. The molecule has 2 heterocycles. The minimum absolute atomic E-state index is 0. The molecule has 1 N–H and O–H groups in total. The first-order valence-electron chi connectivity index (χ1n) is 5.15. The van der Waals surface area contributed by atoms with Crippen LogP contribution in [0.15, 0.2) is 0 Å². The standard InChI is InChI=1S/2C5H10O.Na.H2O/c2*1-2-4-6-5-3-1;;/h2*1-5H2;;1H2/q;;+1;/p-1. The van der Waals surface area contributed by atoms with E-state index in [0.717, 1.165) is 26.4 Å².